The molecule has 130 valence electrons. The van der Waals surface area contributed by atoms with Crippen molar-refractivity contribution in [3.8, 4) is 0 Å². The number of aromatic nitrogens is 1. The molecule has 0 bridgehead atoms. The maximum atomic E-state index is 12.3. The van der Waals surface area contributed by atoms with Gasteiger partial charge in [0.1, 0.15) is 0 Å². The summed E-state index contributed by atoms with van der Waals surface area (Å²) in [6.45, 7) is 5.38. The van der Waals surface area contributed by atoms with E-state index in [1.807, 2.05) is 24.3 Å². The smallest absolute Gasteiger partial charge is 0.339 e. The molecule has 1 N–H and O–H groups in total. The van der Waals surface area contributed by atoms with Gasteiger partial charge in [-0.3, -0.25) is 9.78 Å². The van der Waals surface area contributed by atoms with Gasteiger partial charge in [-0.15, -0.1) is 0 Å². The number of amides is 1. The lowest BCUT2D eigenvalue weighted by molar-refractivity contribution is 0.0525. The zero-order valence-corrected chi connectivity index (χ0v) is 15.8. The van der Waals surface area contributed by atoms with Gasteiger partial charge in [-0.25, -0.2) is 10.2 Å². The Kier molecular flexibility index (Phi) is 6.41. The van der Waals surface area contributed by atoms with Gasteiger partial charge in [0.15, 0.2) is 0 Å². The molecule has 0 saturated heterocycles. The number of halogens is 1. The number of hydrogen-bond acceptors (Lipinski definition) is 5. The van der Waals surface area contributed by atoms with Crippen LogP contribution in [0.15, 0.2) is 39.9 Å². The van der Waals surface area contributed by atoms with Crippen LogP contribution < -0.4 is 5.43 Å². The Morgan fingerprint density at radius 3 is 2.48 bits per heavy atom. The van der Waals surface area contributed by atoms with Gasteiger partial charge in [-0.1, -0.05) is 28.1 Å². The molecule has 2 rings (SSSR count). The molecule has 0 aliphatic rings. The summed E-state index contributed by atoms with van der Waals surface area (Å²) < 4.78 is 5.95. The van der Waals surface area contributed by atoms with Gasteiger partial charge in [0.25, 0.3) is 5.91 Å². The van der Waals surface area contributed by atoms with E-state index >= 15 is 0 Å². The number of hydrazone groups is 1. The second-order valence-corrected chi connectivity index (χ2v) is 6.14. The van der Waals surface area contributed by atoms with Gasteiger partial charge in [0, 0.05) is 4.47 Å². The average Bonchev–Trinajstić information content (AvgIpc) is 2.56. The lowest BCUT2D eigenvalue weighted by Crippen LogP contribution is -2.21. The fourth-order valence-corrected chi connectivity index (χ4v) is 2.41. The summed E-state index contributed by atoms with van der Waals surface area (Å²) in [6.07, 6.45) is 1.54. The summed E-state index contributed by atoms with van der Waals surface area (Å²) in [7, 11) is 0. The molecule has 0 saturated carbocycles. The summed E-state index contributed by atoms with van der Waals surface area (Å²) in [6, 6.07) is 8.96. The molecular weight excluding hydrogens is 386 g/mol. The van der Waals surface area contributed by atoms with Gasteiger partial charge >= 0.3 is 5.97 Å². The summed E-state index contributed by atoms with van der Waals surface area (Å²) in [5.74, 6) is -0.941. The molecule has 1 amide bonds. The molecule has 1 aromatic heterocycles. The van der Waals surface area contributed by atoms with Crippen LogP contribution in [0.3, 0.4) is 0 Å². The second kappa shape index (κ2) is 8.53. The van der Waals surface area contributed by atoms with E-state index in [1.54, 1.807) is 20.8 Å². The molecule has 7 heteroatoms. The molecule has 25 heavy (non-hydrogen) atoms. The van der Waals surface area contributed by atoms with Crippen LogP contribution in [0.5, 0.6) is 0 Å². The first-order valence-electron chi connectivity index (χ1n) is 7.66. The van der Waals surface area contributed by atoms with Crippen LogP contribution in [0.2, 0.25) is 0 Å². The molecule has 0 unspecified atom stereocenters. The number of rotatable bonds is 5. The first-order chi connectivity index (χ1) is 11.9. The summed E-state index contributed by atoms with van der Waals surface area (Å²) in [4.78, 5) is 28.5. The van der Waals surface area contributed by atoms with Crippen LogP contribution in [0.25, 0.3) is 0 Å². The van der Waals surface area contributed by atoms with Crippen LogP contribution in [0.1, 0.15) is 44.6 Å². The quantitative estimate of drug-likeness (QED) is 0.471. The van der Waals surface area contributed by atoms with Crippen molar-refractivity contribution in [2.45, 2.75) is 20.8 Å². The fraction of sp³-hybridized carbons (Fsp3) is 0.222. The van der Waals surface area contributed by atoms with Gasteiger partial charge in [0.2, 0.25) is 0 Å². The Bertz CT molecular complexity index is 817. The van der Waals surface area contributed by atoms with Crippen molar-refractivity contribution in [3.63, 3.8) is 0 Å². The van der Waals surface area contributed by atoms with E-state index < -0.39 is 11.9 Å². The lowest BCUT2D eigenvalue weighted by atomic mass is 10.1. The molecule has 0 aliphatic carbocycles. The molecule has 0 spiro atoms. The van der Waals surface area contributed by atoms with E-state index in [-0.39, 0.29) is 17.7 Å². The Morgan fingerprint density at radius 1 is 1.20 bits per heavy atom. The van der Waals surface area contributed by atoms with Crippen LogP contribution in [0.4, 0.5) is 0 Å². The standard InChI is InChI=1S/C18H18BrN3O3/c1-4-25-18(24)16-9-15(11(2)21-12(16)3)17(23)22-20-10-13-5-7-14(19)8-6-13/h5-10H,4H2,1-3H3,(H,22,23). The highest BCUT2D eigenvalue weighted by Crippen LogP contribution is 2.14. The van der Waals surface area contributed by atoms with E-state index in [2.05, 4.69) is 31.4 Å². The third-order valence-electron chi connectivity index (χ3n) is 3.39. The highest BCUT2D eigenvalue weighted by molar-refractivity contribution is 9.10. The number of carbonyl (C=O) groups is 2. The number of esters is 1. The van der Waals surface area contributed by atoms with Gasteiger partial charge in [0.05, 0.1) is 35.3 Å². The lowest BCUT2D eigenvalue weighted by Gasteiger charge is -2.09. The van der Waals surface area contributed by atoms with Crippen LogP contribution in [-0.4, -0.2) is 29.7 Å². The minimum atomic E-state index is -0.500. The van der Waals surface area contributed by atoms with Gasteiger partial charge in [-0.05, 0) is 44.5 Å². The predicted molar refractivity (Wildman–Crippen MR) is 98.9 cm³/mol. The molecule has 1 aromatic carbocycles. The van der Waals surface area contributed by atoms with Crippen molar-refractivity contribution in [2.24, 2.45) is 5.10 Å². The molecular formula is C18H18BrN3O3. The van der Waals surface area contributed by atoms with Crippen molar-refractivity contribution in [1.82, 2.24) is 10.4 Å². The normalized spacial score (nSPS) is 10.7. The van der Waals surface area contributed by atoms with Crippen molar-refractivity contribution < 1.29 is 14.3 Å². The molecule has 0 fully saturated rings. The zero-order valence-electron chi connectivity index (χ0n) is 14.2. The first-order valence-corrected chi connectivity index (χ1v) is 8.46. The number of pyridine rings is 1. The zero-order chi connectivity index (χ0) is 18.4. The number of benzene rings is 1. The van der Waals surface area contributed by atoms with Crippen molar-refractivity contribution >= 4 is 34.0 Å². The molecule has 0 atom stereocenters. The van der Waals surface area contributed by atoms with Crippen molar-refractivity contribution in [1.29, 1.82) is 0 Å². The number of carbonyl (C=O) groups excluding carboxylic acids is 2. The van der Waals surface area contributed by atoms with E-state index in [0.29, 0.717) is 11.4 Å². The second-order valence-electron chi connectivity index (χ2n) is 5.23. The Balaban J connectivity index is 2.16. The Labute approximate surface area is 154 Å². The van der Waals surface area contributed by atoms with Crippen molar-refractivity contribution in [3.05, 3.63) is 62.9 Å². The van der Waals surface area contributed by atoms with Crippen LogP contribution in [0, 0.1) is 13.8 Å². The van der Waals surface area contributed by atoms with E-state index in [0.717, 1.165) is 10.0 Å². The molecule has 2 aromatic rings. The third kappa shape index (κ3) is 4.96. The number of nitrogens with one attached hydrogen (secondary N) is 1. The predicted octanol–water partition coefficient (Wildman–Crippen LogP) is 3.40. The van der Waals surface area contributed by atoms with E-state index in [9.17, 15) is 9.59 Å². The Morgan fingerprint density at radius 2 is 1.84 bits per heavy atom. The van der Waals surface area contributed by atoms with E-state index in [1.165, 1.54) is 12.3 Å². The monoisotopic (exact) mass is 403 g/mol. The highest BCUT2D eigenvalue weighted by atomic mass is 79.9. The summed E-state index contributed by atoms with van der Waals surface area (Å²) >= 11 is 3.35. The minimum Gasteiger partial charge on any atom is -0.462 e. The summed E-state index contributed by atoms with van der Waals surface area (Å²) in [5, 5.41) is 3.94. The maximum Gasteiger partial charge on any atom is 0.339 e. The fourth-order valence-electron chi connectivity index (χ4n) is 2.15. The number of nitrogens with zero attached hydrogens (tertiary/aromatic N) is 2. The maximum absolute atomic E-state index is 12.3. The Hall–Kier alpha value is -2.54. The summed E-state index contributed by atoms with van der Waals surface area (Å²) in [5.41, 5.74) is 4.88. The van der Waals surface area contributed by atoms with E-state index in [4.69, 9.17) is 4.74 Å². The molecule has 6 nitrogen and oxygen atoms in total. The first kappa shape index (κ1) is 18.8. The average molecular weight is 404 g/mol. The van der Waals surface area contributed by atoms with Crippen molar-refractivity contribution in [2.75, 3.05) is 6.61 Å². The largest absolute Gasteiger partial charge is 0.462 e. The van der Waals surface area contributed by atoms with Gasteiger partial charge < -0.3 is 4.74 Å². The van der Waals surface area contributed by atoms with Crippen LogP contribution in [-0.2, 0) is 4.74 Å². The third-order valence-corrected chi connectivity index (χ3v) is 3.92. The SMILES string of the molecule is CCOC(=O)c1cc(C(=O)NN=Cc2ccc(Br)cc2)c(C)nc1C. The number of hydrogen-bond donors (Lipinski definition) is 1. The van der Waals surface area contributed by atoms with Gasteiger partial charge in [-0.2, -0.15) is 5.10 Å². The molecule has 0 aliphatic heterocycles. The number of aryl methyl sites for hydroxylation is 2. The minimum absolute atomic E-state index is 0.255. The van der Waals surface area contributed by atoms with Crippen LogP contribution >= 0.6 is 15.9 Å². The molecule has 0 radical (unpaired) electrons. The topological polar surface area (TPSA) is 80.7 Å². The highest BCUT2D eigenvalue weighted by Gasteiger charge is 2.17. The number of ether oxygens (including phenoxy) is 1. The molecule has 1 heterocycles.